The molecule has 68 heavy (non-hydrogen) atoms. The third kappa shape index (κ3) is 6.76. The van der Waals surface area contributed by atoms with Crippen LogP contribution in [0, 0.1) is 0 Å². The fraction of sp³-hybridized carbons (Fsp3) is 0. The number of rotatable bonds is 8. The zero-order valence-corrected chi connectivity index (χ0v) is 36.9. The molecule has 13 aromatic rings. The summed E-state index contributed by atoms with van der Waals surface area (Å²) in [4.78, 5) is 15.8. The summed E-state index contributed by atoms with van der Waals surface area (Å²) in [5, 5.41) is 4.61. The van der Waals surface area contributed by atoms with Crippen molar-refractivity contribution in [2.75, 3.05) is 0 Å². The molecular weight excluding hydrogens is 827 g/mol. The van der Waals surface area contributed by atoms with E-state index in [1.165, 1.54) is 33.0 Å². The van der Waals surface area contributed by atoms with Gasteiger partial charge in [0.2, 0.25) is 5.95 Å². The van der Waals surface area contributed by atoms with Gasteiger partial charge >= 0.3 is 0 Å². The van der Waals surface area contributed by atoms with Crippen LogP contribution in [0.4, 0.5) is 0 Å². The molecule has 0 spiro atoms. The molecule has 0 aliphatic carbocycles. The van der Waals surface area contributed by atoms with Gasteiger partial charge in [-0.05, 0) is 93.5 Å². The molecular formula is C63H41N5. The van der Waals surface area contributed by atoms with E-state index >= 15 is 0 Å². The normalized spacial score (nSPS) is 11.5. The molecule has 3 heterocycles. The molecule has 5 nitrogen and oxygen atoms in total. The number of hydrogen-bond acceptors (Lipinski definition) is 3. The molecule has 318 valence electrons. The number of benzene rings is 10. The van der Waals surface area contributed by atoms with Crippen LogP contribution in [0.15, 0.2) is 249 Å². The van der Waals surface area contributed by atoms with Gasteiger partial charge in [-0.25, -0.2) is 4.98 Å². The van der Waals surface area contributed by atoms with E-state index in [0.717, 1.165) is 71.9 Å². The van der Waals surface area contributed by atoms with E-state index < -0.39 is 0 Å². The number of nitrogens with zero attached hydrogens (tertiary/aromatic N) is 5. The fourth-order valence-corrected chi connectivity index (χ4v) is 9.97. The molecule has 13 rings (SSSR count). The molecule has 0 amide bonds. The summed E-state index contributed by atoms with van der Waals surface area (Å²) >= 11 is 0. The molecule has 3 aromatic heterocycles. The van der Waals surface area contributed by atoms with Crippen LogP contribution in [-0.2, 0) is 0 Å². The van der Waals surface area contributed by atoms with Crippen LogP contribution >= 0.6 is 0 Å². The largest absolute Gasteiger partial charge is 0.309 e. The first-order chi connectivity index (χ1) is 33.7. The molecule has 0 unspecified atom stereocenters. The zero-order valence-electron chi connectivity index (χ0n) is 36.9. The van der Waals surface area contributed by atoms with Crippen molar-refractivity contribution in [3.05, 3.63) is 249 Å². The van der Waals surface area contributed by atoms with Crippen LogP contribution in [0.25, 0.3) is 123 Å². The number of para-hydroxylation sites is 3. The summed E-state index contributed by atoms with van der Waals surface area (Å²) in [7, 11) is 0. The average Bonchev–Trinajstić information content (AvgIpc) is 3.92. The number of fused-ring (bicyclic) bond motifs is 6. The molecule has 5 heteroatoms. The second-order valence-electron chi connectivity index (χ2n) is 17.2. The topological polar surface area (TPSA) is 48.5 Å². The van der Waals surface area contributed by atoms with Gasteiger partial charge in [0.1, 0.15) is 0 Å². The van der Waals surface area contributed by atoms with Crippen LogP contribution in [0.2, 0.25) is 0 Å². The first kappa shape index (κ1) is 39.2. The molecule has 0 fully saturated rings. The van der Waals surface area contributed by atoms with Crippen LogP contribution in [0.5, 0.6) is 0 Å². The summed E-state index contributed by atoms with van der Waals surface area (Å²) in [6, 6.07) is 88.4. The predicted octanol–water partition coefficient (Wildman–Crippen LogP) is 16.1. The SMILES string of the molecule is c1ccc(-c2cccc(-c3nc(-c4ccccc4)nc(-n4c5ccccc5c5cc6c7ccccc7n(-c7ccccc7-c7cc(-c8ccccc8)cc(-c8ccccc8)c7)c6cc54)n3)c2)cc1. The van der Waals surface area contributed by atoms with Gasteiger partial charge in [-0.1, -0.05) is 194 Å². The first-order valence-electron chi connectivity index (χ1n) is 23.0. The zero-order chi connectivity index (χ0) is 45.0. The molecule has 0 saturated heterocycles. The van der Waals surface area contributed by atoms with Crippen molar-refractivity contribution in [1.29, 1.82) is 0 Å². The average molecular weight is 868 g/mol. The van der Waals surface area contributed by atoms with Crippen molar-refractivity contribution in [3.63, 3.8) is 0 Å². The van der Waals surface area contributed by atoms with Gasteiger partial charge in [0.05, 0.1) is 27.8 Å². The van der Waals surface area contributed by atoms with Gasteiger partial charge in [-0.2, -0.15) is 9.97 Å². The van der Waals surface area contributed by atoms with Gasteiger partial charge in [0, 0.05) is 38.2 Å². The Bertz CT molecular complexity index is 3950. The predicted molar refractivity (Wildman–Crippen MR) is 281 cm³/mol. The lowest BCUT2D eigenvalue weighted by molar-refractivity contribution is 0.953. The summed E-state index contributed by atoms with van der Waals surface area (Å²) in [6.45, 7) is 0. The Morgan fingerprint density at radius 2 is 0.662 bits per heavy atom. The fourth-order valence-electron chi connectivity index (χ4n) is 9.97. The van der Waals surface area contributed by atoms with Crippen molar-refractivity contribution in [2.45, 2.75) is 0 Å². The van der Waals surface area contributed by atoms with E-state index in [1.54, 1.807) is 0 Å². The highest BCUT2D eigenvalue weighted by molar-refractivity contribution is 6.19. The minimum atomic E-state index is 0.554. The highest BCUT2D eigenvalue weighted by atomic mass is 15.2. The highest BCUT2D eigenvalue weighted by Crippen LogP contribution is 2.42. The molecule has 0 N–H and O–H groups in total. The van der Waals surface area contributed by atoms with Crippen molar-refractivity contribution < 1.29 is 0 Å². The molecule has 0 aliphatic heterocycles. The van der Waals surface area contributed by atoms with Crippen molar-refractivity contribution in [1.82, 2.24) is 24.1 Å². The van der Waals surface area contributed by atoms with Crippen LogP contribution in [-0.4, -0.2) is 24.1 Å². The Balaban J connectivity index is 1.07. The highest BCUT2D eigenvalue weighted by Gasteiger charge is 2.23. The van der Waals surface area contributed by atoms with E-state index in [2.05, 4.69) is 234 Å². The third-order valence-electron chi connectivity index (χ3n) is 13.2. The second kappa shape index (κ2) is 16.4. The number of hydrogen-bond donors (Lipinski definition) is 0. The molecule has 0 atom stereocenters. The van der Waals surface area contributed by atoms with Gasteiger partial charge in [-0.15, -0.1) is 0 Å². The second-order valence-corrected chi connectivity index (χ2v) is 17.2. The van der Waals surface area contributed by atoms with Crippen molar-refractivity contribution >= 4 is 43.6 Å². The monoisotopic (exact) mass is 867 g/mol. The number of aromatic nitrogens is 5. The van der Waals surface area contributed by atoms with Crippen molar-refractivity contribution in [2.24, 2.45) is 0 Å². The summed E-state index contributed by atoms with van der Waals surface area (Å²) in [5.41, 5.74) is 16.4. The van der Waals surface area contributed by atoms with E-state index in [1.807, 2.05) is 24.3 Å². The Morgan fingerprint density at radius 3 is 1.28 bits per heavy atom. The quantitative estimate of drug-likeness (QED) is 0.153. The van der Waals surface area contributed by atoms with Gasteiger partial charge in [0.15, 0.2) is 11.6 Å². The molecule has 0 bridgehead atoms. The van der Waals surface area contributed by atoms with E-state index in [0.29, 0.717) is 17.6 Å². The maximum Gasteiger partial charge on any atom is 0.238 e. The third-order valence-corrected chi connectivity index (χ3v) is 13.2. The van der Waals surface area contributed by atoms with Crippen LogP contribution in [0.3, 0.4) is 0 Å². The molecule has 0 radical (unpaired) electrons. The van der Waals surface area contributed by atoms with E-state index in [4.69, 9.17) is 15.0 Å². The lowest BCUT2D eigenvalue weighted by Crippen LogP contribution is -2.06. The van der Waals surface area contributed by atoms with Gasteiger partial charge in [-0.3, -0.25) is 4.57 Å². The standard InChI is InChI=1S/C63H41N5/c1-5-20-42(21-6-1)46-28-19-29-47(36-46)62-64-61(45-26-11-4-12-27-45)65-63(66-62)68-58-35-18-15-32-53(58)55-40-54-52-31-14-17-34-57(52)67(59(54)41-60(55)68)56-33-16-13-30-51(56)50-38-48(43-22-7-2-8-23-43)37-49(39-50)44-24-9-3-10-25-44/h1-41H. The van der Waals surface area contributed by atoms with Gasteiger partial charge in [0.25, 0.3) is 0 Å². The Hall–Kier alpha value is -9.19. The smallest absolute Gasteiger partial charge is 0.238 e. The first-order valence-corrected chi connectivity index (χ1v) is 23.0. The lowest BCUT2D eigenvalue weighted by atomic mass is 9.92. The molecule has 0 saturated carbocycles. The van der Waals surface area contributed by atoms with Gasteiger partial charge < -0.3 is 4.57 Å². The van der Waals surface area contributed by atoms with E-state index in [9.17, 15) is 0 Å². The summed E-state index contributed by atoms with van der Waals surface area (Å²) < 4.78 is 4.67. The Labute approximate surface area is 393 Å². The van der Waals surface area contributed by atoms with Crippen molar-refractivity contribution in [3.8, 4) is 78.9 Å². The summed E-state index contributed by atoms with van der Waals surface area (Å²) in [5.74, 6) is 1.77. The maximum absolute atomic E-state index is 5.36. The van der Waals surface area contributed by atoms with Crippen LogP contribution < -0.4 is 0 Å². The molecule has 10 aromatic carbocycles. The Morgan fingerprint density at radius 1 is 0.235 bits per heavy atom. The minimum absolute atomic E-state index is 0.554. The maximum atomic E-state index is 5.36. The lowest BCUT2D eigenvalue weighted by Gasteiger charge is -2.17. The van der Waals surface area contributed by atoms with Crippen LogP contribution in [0.1, 0.15) is 0 Å². The minimum Gasteiger partial charge on any atom is -0.309 e. The summed E-state index contributed by atoms with van der Waals surface area (Å²) in [6.07, 6.45) is 0. The van der Waals surface area contributed by atoms with E-state index in [-0.39, 0.29) is 0 Å². The Kier molecular flexibility index (Phi) is 9.43. The molecule has 0 aliphatic rings.